The normalized spacial score (nSPS) is 11.9. The number of hydrogen-bond donors (Lipinski definition) is 1. The van der Waals surface area contributed by atoms with Crippen LogP contribution in [0.4, 0.5) is 4.39 Å². The zero-order valence-corrected chi connectivity index (χ0v) is 13.6. The van der Waals surface area contributed by atoms with Crippen LogP contribution in [-0.4, -0.2) is 30.8 Å². The van der Waals surface area contributed by atoms with Crippen molar-refractivity contribution in [1.29, 1.82) is 0 Å². The van der Waals surface area contributed by atoms with E-state index in [-0.39, 0.29) is 23.6 Å². The van der Waals surface area contributed by atoms with Crippen LogP contribution in [0.1, 0.15) is 27.4 Å². The highest BCUT2D eigenvalue weighted by atomic mass is 32.2. The molecule has 0 aliphatic heterocycles. The van der Waals surface area contributed by atoms with Crippen molar-refractivity contribution in [3.63, 3.8) is 0 Å². The quantitative estimate of drug-likeness (QED) is 0.903. The molecule has 23 heavy (non-hydrogen) atoms. The molecule has 0 atom stereocenters. The fraction of sp³-hybridized carbons (Fsp3) is 0.267. The molecule has 0 aliphatic rings. The third kappa shape index (κ3) is 3.13. The first-order valence-electron chi connectivity index (χ1n) is 6.69. The summed E-state index contributed by atoms with van der Waals surface area (Å²) in [6, 6.07) is 5.78. The van der Waals surface area contributed by atoms with E-state index in [1.54, 1.807) is 6.07 Å². The summed E-state index contributed by atoms with van der Waals surface area (Å²) in [6.45, 7) is 2.54. The molecule has 1 aromatic heterocycles. The largest absolute Gasteiger partial charge is 0.478 e. The van der Waals surface area contributed by atoms with E-state index in [4.69, 9.17) is 4.42 Å². The van der Waals surface area contributed by atoms with E-state index in [1.807, 2.05) is 0 Å². The van der Waals surface area contributed by atoms with Crippen molar-refractivity contribution in [3.05, 3.63) is 52.7 Å². The van der Waals surface area contributed by atoms with Crippen LogP contribution in [0.25, 0.3) is 0 Å². The Bertz CT molecular complexity index is 857. The Hall–Kier alpha value is -2.19. The second kappa shape index (κ2) is 6.13. The smallest absolute Gasteiger partial charge is 0.340 e. The number of aryl methyl sites for hydroxylation is 2. The Kier molecular flexibility index (Phi) is 4.58. The van der Waals surface area contributed by atoms with Gasteiger partial charge in [-0.25, -0.2) is 17.6 Å². The summed E-state index contributed by atoms with van der Waals surface area (Å²) in [6.07, 6.45) is 0. The lowest BCUT2D eigenvalue weighted by molar-refractivity contribution is 0.0691. The molecule has 0 aliphatic carbocycles. The summed E-state index contributed by atoms with van der Waals surface area (Å²) in [5, 5.41) is 9.24. The van der Waals surface area contributed by atoms with Crippen molar-refractivity contribution in [1.82, 2.24) is 4.31 Å². The van der Waals surface area contributed by atoms with E-state index in [0.717, 1.165) is 4.31 Å². The van der Waals surface area contributed by atoms with E-state index in [9.17, 15) is 22.7 Å². The van der Waals surface area contributed by atoms with E-state index in [0.29, 0.717) is 0 Å². The molecule has 8 heteroatoms. The van der Waals surface area contributed by atoms with E-state index < -0.39 is 32.3 Å². The molecule has 0 spiro atoms. The van der Waals surface area contributed by atoms with Gasteiger partial charge in [-0.3, -0.25) is 0 Å². The van der Waals surface area contributed by atoms with Crippen molar-refractivity contribution in [2.24, 2.45) is 0 Å². The number of aromatic carboxylic acids is 1. The van der Waals surface area contributed by atoms with Crippen molar-refractivity contribution >= 4 is 16.0 Å². The zero-order chi connectivity index (χ0) is 17.4. The van der Waals surface area contributed by atoms with Gasteiger partial charge >= 0.3 is 5.97 Å². The molecule has 0 radical (unpaired) electrons. The molecule has 0 amide bonds. The van der Waals surface area contributed by atoms with Gasteiger partial charge in [-0.15, -0.1) is 0 Å². The minimum absolute atomic E-state index is 0.00728. The standard InChI is InChI=1S/C15H16FNO5S/c1-9-13(15(18)19)14(10(2)22-9)23(20,21)17(3)8-11-6-4-5-7-12(11)16/h4-7H,8H2,1-3H3,(H,18,19). The SMILES string of the molecule is Cc1oc(C)c(S(=O)(=O)N(C)Cc2ccccc2F)c1C(=O)O. The number of sulfonamides is 1. The highest BCUT2D eigenvalue weighted by molar-refractivity contribution is 7.89. The van der Waals surface area contributed by atoms with Crippen LogP contribution >= 0.6 is 0 Å². The van der Waals surface area contributed by atoms with Crippen LogP contribution in [0.5, 0.6) is 0 Å². The molecule has 2 aromatic rings. The second-order valence-electron chi connectivity index (χ2n) is 5.08. The molecule has 0 saturated carbocycles. The van der Waals surface area contributed by atoms with Gasteiger partial charge in [-0.1, -0.05) is 18.2 Å². The molecular weight excluding hydrogens is 325 g/mol. The first-order valence-corrected chi connectivity index (χ1v) is 8.13. The van der Waals surface area contributed by atoms with Gasteiger partial charge in [-0.05, 0) is 19.9 Å². The summed E-state index contributed by atoms with van der Waals surface area (Å²) >= 11 is 0. The van der Waals surface area contributed by atoms with Gasteiger partial charge < -0.3 is 9.52 Å². The third-order valence-electron chi connectivity index (χ3n) is 3.44. The lowest BCUT2D eigenvalue weighted by Gasteiger charge is -2.17. The number of furan rings is 1. The van der Waals surface area contributed by atoms with E-state index in [1.165, 1.54) is 39.1 Å². The number of carbonyl (C=O) groups is 1. The Morgan fingerprint density at radius 2 is 1.87 bits per heavy atom. The van der Waals surface area contributed by atoms with Gasteiger partial charge in [0.2, 0.25) is 10.0 Å². The summed E-state index contributed by atoms with van der Waals surface area (Å²) in [5.74, 6) is -1.93. The van der Waals surface area contributed by atoms with Gasteiger partial charge in [0, 0.05) is 19.2 Å². The Balaban J connectivity index is 2.47. The highest BCUT2D eigenvalue weighted by Crippen LogP contribution is 2.29. The summed E-state index contributed by atoms with van der Waals surface area (Å²) in [4.78, 5) is 10.9. The van der Waals surface area contributed by atoms with Crippen LogP contribution in [0.2, 0.25) is 0 Å². The predicted octanol–water partition coefficient (Wildman–Crippen LogP) is 2.55. The minimum atomic E-state index is -4.15. The number of benzene rings is 1. The highest BCUT2D eigenvalue weighted by Gasteiger charge is 2.33. The number of carboxylic acid groups (broad SMARTS) is 1. The topological polar surface area (TPSA) is 87.8 Å². The monoisotopic (exact) mass is 341 g/mol. The zero-order valence-electron chi connectivity index (χ0n) is 12.8. The van der Waals surface area contributed by atoms with Crippen LogP contribution in [-0.2, 0) is 16.6 Å². The predicted molar refractivity (Wildman–Crippen MR) is 80.2 cm³/mol. The molecule has 0 bridgehead atoms. The first-order chi connectivity index (χ1) is 10.7. The Morgan fingerprint density at radius 1 is 1.26 bits per heavy atom. The third-order valence-corrected chi connectivity index (χ3v) is 5.40. The molecule has 1 aromatic carbocycles. The Morgan fingerprint density at radius 3 is 2.43 bits per heavy atom. The molecular formula is C15H16FNO5S. The van der Waals surface area contributed by atoms with Gasteiger partial charge in [-0.2, -0.15) is 4.31 Å². The van der Waals surface area contributed by atoms with Gasteiger partial charge in [0.25, 0.3) is 0 Å². The maximum absolute atomic E-state index is 13.7. The molecule has 6 nitrogen and oxygen atoms in total. The number of hydrogen-bond acceptors (Lipinski definition) is 4. The number of nitrogens with zero attached hydrogens (tertiary/aromatic N) is 1. The van der Waals surface area contributed by atoms with Gasteiger partial charge in [0.15, 0.2) is 0 Å². The van der Waals surface area contributed by atoms with Crippen molar-refractivity contribution in [2.45, 2.75) is 25.3 Å². The number of carboxylic acids is 1. The fourth-order valence-corrected chi connectivity index (χ4v) is 3.84. The van der Waals surface area contributed by atoms with Crippen molar-refractivity contribution in [3.8, 4) is 0 Å². The van der Waals surface area contributed by atoms with Crippen LogP contribution in [0.15, 0.2) is 33.6 Å². The number of halogens is 1. The molecule has 0 fully saturated rings. The summed E-state index contributed by atoms with van der Waals surface area (Å²) in [7, 11) is -2.89. The molecule has 1 N–H and O–H groups in total. The van der Waals surface area contributed by atoms with Gasteiger partial charge in [0.1, 0.15) is 27.8 Å². The molecule has 0 unspecified atom stereocenters. The molecule has 124 valence electrons. The van der Waals surface area contributed by atoms with Crippen LogP contribution < -0.4 is 0 Å². The maximum Gasteiger partial charge on any atom is 0.340 e. The molecule has 0 saturated heterocycles. The second-order valence-corrected chi connectivity index (χ2v) is 7.06. The average Bonchev–Trinajstić information content (AvgIpc) is 2.76. The summed E-state index contributed by atoms with van der Waals surface area (Å²) in [5.41, 5.74) is -0.212. The Labute approximate surface area is 133 Å². The maximum atomic E-state index is 13.7. The fourth-order valence-electron chi connectivity index (χ4n) is 2.33. The lowest BCUT2D eigenvalue weighted by atomic mass is 10.2. The van der Waals surface area contributed by atoms with Crippen molar-refractivity contribution < 1.29 is 27.1 Å². The van der Waals surface area contributed by atoms with Crippen LogP contribution in [0, 0.1) is 19.7 Å². The minimum Gasteiger partial charge on any atom is -0.478 e. The average molecular weight is 341 g/mol. The van der Waals surface area contributed by atoms with Crippen molar-refractivity contribution in [2.75, 3.05) is 7.05 Å². The van der Waals surface area contributed by atoms with Crippen LogP contribution in [0.3, 0.4) is 0 Å². The molecule has 1 heterocycles. The molecule has 2 rings (SSSR count). The van der Waals surface area contributed by atoms with E-state index in [2.05, 4.69) is 0 Å². The first kappa shape index (κ1) is 17.2. The lowest BCUT2D eigenvalue weighted by Crippen LogP contribution is -2.28. The van der Waals surface area contributed by atoms with E-state index >= 15 is 0 Å². The summed E-state index contributed by atoms with van der Waals surface area (Å²) < 4.78 is 45.1. The number of rotatable bonds is 5. The van der Waals surface area contributed by atoms with Gasteiger partial charge in [0.05, 0.1) is 0 Å².